The van der Waals surface area contributed by atoms with Gasteiger partial charge >= 0.3 is 0 Å². The van der Waals surface area contributed by atoms with Crippen LogP contribution in [0.4, 0.5) is 5.69 Å². The first-order valence-corrected chi connectivity index (χ1v) is 9.74. The van der Waals surface area contributed by atoms with Gasteiger partial charge in [0.25, 0.3) is 5.91 Å². The lowest BCUT2D eigenvalue weighted by Gasteiger charge is -2.36. The molecular formula is C22H25N5O. The lowest BCUT2D eigenvalue weighted by Crippen LogP contribution is -2.48. The first-order valence-electron chi connectivity index (χ1n) is 9.74. The topological polar surface area (TPSA) is 61.4 Å². The molecule has 3 aromatic rings. The summed E-state index contributed by atoms with van der Waals surface area (Å²) in [6, 6.07) is 18.1. The number of rotatable bonds is 5. The van der Waals surface area contributed by atoms with E-state index in [1.54, 1.807) is 0 Å². The number of fused-ring (bicyclic) bond motifs is 1. The van der Waals surface area contributed by atoms with Crippen LogP contribution in [0.25, 0.3) is 11.0 Å². The van der Waals surface area contributed by atoms with Crippen LogP contribution in [0.3, 0.4) is 0 Å². The SMILES string of the molecule is Cc1nc2ccccc2nc1C(=O)NCCN1CCN(c2ccccc2)CC1. The third kappa shape index (κ3) is 4.12. The monoisotopic (exact) mass is 375 g/mol. The van der Waals surface area contributed by atoms with Crippen LogP contribution in [-0.4, -0.2) is 60.0 Å². The van der Waals surface area contributed by atoms with Gasteiger partial charge in [0, 0.05) is 45.0 Å². The number of aryl methyl sites for hydroxylation is 1. The van der Waals surface area contributed by atoms with E-state index >= 15 is 0 Å². The summed E-state index contributed by atoms with van der Waals surface area (Å²) in [6.07, 6.45) is 0. The number of aromatic nitrogens is 2. The van der Waals surface area contributed by atoms with Gasteiger partial charge in [-0.1, -0.05) is 30.3 Å². The standard InChI is InChI=1S/C22H25N5O/c1-17-21(25-20-10-6-5-9-19(20)24-17)22(28)23-11-12-26-13-15-27(16-14-26)18-7-3-2-4-8-18/h2-10H,11-16H2,1H3,(H,23,28). The Kier molecular flexibility index (Phi) is 5.48. The van der Waals surface area contributed by atoms with Gasteiger partial charge in [-0.15, -0.1) is 0 Å². The highest BCUT2D eigenvalue weighted by Gasteiger charge is 2.18. The van der Waals surface area contributed by atoms with Crippen molar-refractivity contribution in [2.75, 3.05) is 44.2 Å². The number of piperazine rings is 1. The average molecular weight is 375 g/mol. The molecule has 1 fully saturated rings. The molecule has 1 amide bonds. The molecule has 1 aliphatic rings. The van der Waals surface area contributed by atoms with E-state index in [-0.39, 0.29) is 5.91 Å². The summed E-state index contributed by atoms with van der Waals surface area (Å²) < 4.78 is 0. The second kappa shape index (κ2) is 8.35. The highest BCUT2D eigenvalue weighted by Crippen LogP contribution is 2.15. The fourth-order valence-corrected chi connectivity index (χ4v) is 3.58. The Morgan fingerprint density at radius 2 is 1.57 bits per heavy atom. The Hall–Kier alpha value is -2.99. The zero-order valence-electron chi connectivity index (χ0n) is 16.1. The molecule has 6 heteroatoms. The number of anilines is 1. The third-order valence-electron chi connectivity index (χ3n) is 5.17. The van der Waals surface area contributed by atoms with E-state index < -0.39 is 0 Å². The summed E-state index contributed by atoms with van der Waals surface area (Å²) in [5.41, 5.74) is 3.91. The first kappa shape index (κ1) is 18.4. The average Bonchev–Trinajstić information content (AvgIpc) is 2.74. The fourth-order valence-electron chi connectivity index (χ4n) is 3.58. The van der Waals surface area contributed by atoms with Crippen LogP contribution in [0.5, 0.6) is 0 Å². The van der Waals surface area contributed by atoms with Crippen LogP contribution < -0.4 is 10.2 Å². The maximum atomic E-state index is 12.5. The van der Waals surface area contributed by atoms with Gasteiger partial charge in [-0.3, -0.25) is 9.69 Å². The molecule has 1 aromatic heterocycles. The molecule has 0 unspecified atom stereocenters. The van der Waals surface area contributed by atoms with Gasteiger partial charge in [0.15, 0.2) is 0 Å². The summed E-state index contributed by atoms with van der Waals surface area (Å²) in [7, 11) is 0. The van der Waals surface area contributed by atoms with Gasteiger partial charge in [0.2, 0.25) is 0 Å². The number of amides is 1. The number of hydrogen-bond acceptors (Lipinski definition) is 5. The highest BCUT2D eigenvalue weighted by molar-refractivity contribution is 5.95. The molecular weight excluding hydrogens is 350 g/mol. The number of benzene rings is 2. The summed E-state index contributed by atoms with van der Waals surface area (Å²) in [6.45, 7) is 7.29. The molecule has 1 N–H and O–H groups in total. The Bertz CT molecular complexity index is 952. The lowest BCUT2D eigenvalue weighted by atomic mass is 10.2. The molecule has 2 aromatic carbocycles. The van der Waals surface area contributed by atoms with Gasteiger partial charge in [-0.2, -0.15) is 0 Å². The number of nitrogens with one attached hydrogen (secondary N) is 1. The minimum absolute atomic E-state index is 0.154. The molecule has 1 saturated heterocycles. The van der Waals surface area contributed by atoms with Gasteiger partial charge in [-0.25, -0.2) is 9.97 Å². The summed E-state index contributed by atoms with van der Waals surface area (Å²) in [5.74, 6) is -0.154. The molecule has 0 atom stereocenters. The summed E-state index contributed by atoms with van der Waals surface area (Å²) in [4.78, 5) is 26.3. The predicted octanol–water partition coefficient (Wildman–Crippen LogP) is 2.49. The van der Waals surface area contributed by atoms with Gasteiger partial charge < -0.3 is 10.2 Å². The zero-order chi connectivity index (χ0) is 19.3. The maximum absolute atomic E-state index is 12.5. The van der Waals surface area contributed by atoms with Crippen LogP contribution in [0, 0.1) is 6.92 Å². The fraction of sp³-hybridized carbons (Fsp3) is 0.318. The van der Waals surface area contributed by atoms with E-state index in [0.717, 1.165) is 43.8 Å². The number of carbonyl (C=O) groups is 1. The molecule has 2 heterocycles. The molecule has 0 bridgehead atoms. The van der Waals surface area contributed by atoms with Crippen molar-refractivity contribution in [2.45, 2.75) is 6.92 Å². The van der Waals surface area contributed by atoms with E-state index in [1.165, 1.54) is 5.69 Å². The van der Waals surface area contributed by atoms with E-state index in [1.807, 2.05) is 37.3 Å². The van der Waals surface area contributed by atoms with E-state index in [4.69, 9.17) is 0 Å². The van der Waals surface area contributed by atoms with E-state index in [9.17, 15) is 4.79 Å². The third-order valence-corrected chi connectivity index (χ3v) is 5.17. The van der Waals surface area contributed by atoms with Gasteiger partial charge in [0.1, 0.15) is 5.69 Å². The quantitative estimate of drug-likeness (QED) is 0.742. The van der Waals surface area contributed by atoms with Gasteiger partial charge in [-0.05, 0) is 31.2 Å². The van der Waals surface area contributed by atoms with Gasteiger partial charge in [0.05, 0.1) is 16.7 Å². The molecule has 144 valence electrons. The minimum atomic E-state index is -0.154. The highest BCUT2D eigenvalue weighted by atomic mass is 16.1. The van der Waals surface area contributed by atoms with Crippen molar-refractivity contribution in [1.29, 1.82) is 0 Å². The molecule has 0 spiro atoms. The van der Waals surface area contributed by atoms with E-state index in [2.05, 4.69) is 49.4 Å². The lowest BCUT2D eigenvalue weighted by molar-refractivity contribution is 0.0942. The minimum Gasteiger partial charge on any atom is -0.369 e. The van der Waals surface area contributed by atoms with Crippen molar-refractivity contribution in [3.8, 4) is 0 Å². The molecule has 0 radical (unpaired) electrons. The van der Waals surface area contributed by atoms with Crippen molar-refractivity contribution in [3.63, 3.8) is 0 Å². The Balaban J connectivity index is 1.28. The second-order valence-corrected chi connectivity index (χ2v) is 7.07. The van der Waals surface area contributed by atoms with Crippen LogP contribution in [0.2, 0.25) is 0 Å². The van der Waals surface area contributed by atoms with Crippen molar-refractivity contribution in [2.24, 2.45) is 0 Å². The number of carbonyl (C=O) groups excluding carboxylic acids is 1. The molecule has 4 rings (SSSR count). The zero-order valence-corrected chi connectivity index (χ0v) is 16.1. The molecule has 0 aliphatic carbocycles. The summed E-state index contributed by atoms with van der Waals surface area (Å²) >= 11 is 0. The maximum Gasteiger partial charge on any atom is 0.271 e. The summed E-state index contributed by atoms with van der Waals surface area (Å²) in [5, 5.41) is 3.00. The van der Waals surface area contributed by atoms with Crippen molar-refractivity contribution < 1.29 is 4.79 Å². The van der Waals surface area contributed by atoms with E-state index in [0.29, 0.717) is 17.9 Å². The van der Waals surface area contributed by atoms with Crippen LogP contribution in [0.15, 0.2) is 54.6 Å². The predicted molar refractivity (Wildman–Crippen MR) is 112 cm³/mol. The smallest absolute Gasteiger partial charge is 0.271 e. The van der Waals surface area contributed by atoms with Crippen molar-refractivity contribution in [1.82, 2.24) is 20.2 Å². The number of nitrogens with zero attached hydrogens (tertiary/aromatic N) is 4. The Morgan fingerprint density at radius 3 is 2.29 bits per heavy atom. The number of para-hydroxylation sites is 3. The van der Waals surface area contributed by atoms with Crippen LogP contribution in [0.1, 0.15) is 16.2 Å². The second-order valence-electron chi connectivity index (χ2n) is 7.07. The first-order chi connectivity index (χ1) is 13.7. The molecule has 6 nitrogen and oxygen atoms in total. The number of hydrogen-bond donors (Lipinski definition) is 1. The van der Waals surface area contributed by atoms with Crippen LogP contribution >= 0.6 is 0 Å². The van der Waals surface area contributed by atoms with Crippen molar-refractivity contribution in [3.05, 3.63) is 66.0 Å². The normalized spacial score (nSPS) is 15.0. The molecule has 0 saturated carbocycles. The Labute approximate surface area is 165 Å². The largest absolute Gasteiger partial charge is 0.369 e. The Morgan fingerprint density at radius 1 is 0.929 bits per heavy atom. The molecule has 28 heavy (non-hydrogen) atoms. The van der Waals surface area contributed by atoms with Crippen molar-refractivity contribution >= 4 is 22.6 Å². The molecule has 1 aliphatic heterocycles. The van der Waals surface area contributed by atoms with Crippen LogP contribution in [-0.2, 0) is 0 Å².